The van der Waals surface area contributed by atoms with Crippen LogP contribution in [0.25, 0.3) is 0 Å². The number of methoxy groups -OCH3 is 2. The molecule has 1 aromatic carbocycles. The first-order chi connectivity index (χ1) is 7.19. The van der Waals surface area contributed by atoms with Gasteiger partial charge in [0.1, 0.15) is 23.5 Å². The number of hydrogen-bond donors (Lipinski definition) is 1. The monoisotopic (exact) mass is 211 g/mol. The zero-order valence-corrected chi connectivity index (χ0v) is 9.32. The van der Waals surface area contributed by atoms with Crippen molar-refractivity contribution in [1.82, 2.24) is 0 Å². The van der Waals surface area contributed by atoms with Gasteiger partial charge in [-0.2, -0.15) is 0 Å². The predicted molar refractivity (Wildman–Crippen MR) is 58.4 cm³/mol. The summed E-state index contributed by atoms with van der Waals surface area (Å²) in [5.74, 6) is 2.03. The highest BCUT2D eigenvalue weighted by molar-refractivity contribution is 5.42. The molecule has 0 aromatic heterocycles. The van der Waals surface area contributed by atoms with Gasteiger partial charge >= 0.3 is 0 Å². The summed E-state index contributed by atoms with van der Waals surface area (Å²) in [4.78, 5) is 0. The first-order valence-corrected chi connectivity index (χ1v) is 4.85. The maximum Gasteiger partial charge on any atom is 0.147 e. The first kappa shape index (κ1) is 11.7. The van der Waals surface area contributed by atoms with Crippen LogP contribution in [0.1, 0.15) is 13.3 Å². The Morgan fingerprint density at radius 3 is 1.93 bits per heavy atom. The van der Waals surface area contributed by atoms with Crippen LogP contribution in [-0.2, 0) is 0 Å². The normalized spacial score (nSPS) is 12.0. The molecule has 0 aliphatic rings. The summed E-state index contributed by atoms with van der Waals surface area (Å²) in [6.45, 7) is 1.96. The second kappa shape index (κ2) is 5.46. The van der Waals surface area contributed by atoms with Gasteiger partial charge in [0.15, 0.2) is 0 Å². The lowest BCUT2D eigenvalue weighted by Gasteiger charge is -2.14. The summed E-state index contributed by atoms with van der Waals surface area (Å²) in [7, 11) is 3.19. The van der Waals surface area contributed by atoms with Crippen molar-refractivity contribution in [1.29, 1.82) is 0 Å². The molecule has 1 unspecified atom stereocenters. The van der Waals surface area contributed by atoms with Crippen molar-refractivity contribution in [2.24, 2.45) is 5.73 Å². The number of benzene rings is 1. The Bertz CT molecular complexity index is 292. The summed E-state index contributed by atoms with van der Waals surface area (Å²) < 4.78 is 15.7. The molecule has 4 heteroatoms. The molecule has 0 spiro atoms. The van der Waals surface area contributed by atoms with Crippen LogP contribution in [0.5, 0.6) is 17.2 Å². The number of ether oxygens (including phenoxy) is 3. The molecule has 4 nitrogen and oxygen atoms in total. The Balaban J connectivity index is 2.86. The molecule has 0 saturated heterocycles. The first-order valence-electron chi connectivity index (χ1n) is 4.85. The second-order valence-corrected chi connectivity index (χ2v) is 3.11. The van der Waals surface area contributed by atoms with Crippen molar-refractivity contribution in [3.63, 3.8) is 0 Å². The van der Waals surface area contributed by atoms with Gasteiger partial charge in [0.05, 0.1) is 14.2 Å². The molecular weight excluding hydrogens is 194 g/mol. The Labute approximate surface area is 89.9 Å². The van der Waals surface area contributed by atoms with Crippen LogP contribution >= 0.6 is 0 Å². The Morgan fingerprint density at radius 1 is 1.07 bits per heavy atom. The predicted octanol–water partition coefficient (Wildman–Crippen LogP) is 1.78. The van der Waals surface area contributed by atoms with E-state index in [-0.39, 0.29) is 6.23 Å². The van der Waals surface area contributed by atoms with Gasteiger partial charge in [0, 0.05) is 18.2 Å². The van der Waals surface area contributed by atoms with E-state index in [1.54, 1.807) is 32.4 Å². The summed E-state index contributed by atoms with van der Waals surface area (Å²) >= 11 is 0. The van der Waals surface area contributed by atoms with Crippen molar-refractivity contribution < 1.29 is 14.2 Å². The zero-order valence-electron chi connectivity index (χ0n) is 9.32. The van der Waals surface area contributed by atoms with Gasteiger partial charge in [-0.05, 0) is 6.42 Å². The molecule has 1 atom stereocenters. The molecule has 0 radical (unpaired) electrons. The second-order valence-electron chi connectivity index (χ2n) is 3.11. The molecule has 0 amide bonds. The van der Waals surface area contributed by atoms with Crippen molar-refractivity contribution in [3.05, 3.63) is 18.2 Å². The molecule has 1 rings (SSSR count). The Morgan fingerprint density at radius 2 is 1.53 bits per heavy atom. The number of nitrogens with two attached hydrogens (primary N) is 1. The fourth-order valence-corrected chi connectivity index (χ4v) is 1.11. The molecule has 0 aliphatic heterocycles. The van der Waals surface area contributed by atoms with Crippen molar-refractivity contribution in [3.8, 4) is 17.2 Å². The molecule has 0 bridgehead atoms. The molecule has 0 aliphatic carbocycles. The van der Waals surface area contributed by atoms with E-state index in [9.17, 15) is 0 Å². The third-order valence-electron chi connectivity index (χ3n) is 2.01. The Hall–Kier alpha value is -1.42. The highest BCUT2D eigenvalue weighted by Crippen LogP contribution is 2.27. The van der Waals surface area contributed by atoms with E-state index in [2.05, 4.69) is 0 Å². The van der Waals surface area contributed by atoms with Gasteiger partial charge < -0.3 is 14.2 Å². The van der Waals surface area contributed by atoms with Gasteiger partial charge in [-0.3, -0.25) is 5.73 Å². The maximum absolute atomic E-state index is 5.68. The number of rotatable bonds is 5. The summed E-state index contributed by atoms with van der Waals surface area (Å²) in [5, 5.41) is 0. The average molecular weight is 211 g/mol. The molecule has 0 fully saturated rings. The molecule has 84 valence electrons. The van der Waals surface area contributed by atoms with E-state index in [1.807, 2.05) is 6.92 Å². The summed E-state index contributed by atoms with van der Waals surface area (Å²) in [6, 6.07) is 5.33. The van der Waals surface area contributed by atoms with Crippen LogP contribution in [0.15, 0.2) is 18.2 Å². The average Bonchev–Trinajstić information content (AvgIpc) is 2.28. The maximum atomic E-state index is 5.68. The quantitative estimate of drug-likeness (QED) is 0.754. The van der Waals surface area contributed by atoms with Gasteiger partial charge in [-0.1, -0.05) is 6.92 Å². The van der Waals surface area contributed by atoms with E-state index < -0.39 is 0 Å². The van der Waals surface area contributed by atoms with E-state index >= 15 is 0 Å². The minimum absolute atomic E-state index is 0.304. The van der Waals surface area contributed by atoms with Gasteiger partial charge in [-0.25, -0.2) is 0 Å². The molecule has 1 aromatic rings. The molecular formula is C11H17NO3. The molecule has 0 saturated carbocycles. The molecule has 0 heterocycles. The van der Waals surface area contributed by atoms with Crippen molar-refractivity contribution in [2.75, 3.05) is 14.2 Å². The fourth-order valence-electron chi connectivity index (χ4n) is 1.11. The standard InChI is InChI=1S/C11H17NO3/c1-4-11(12)15-10-6-8(13-2)5-9(7-10)14-3/h5-7,11H,4,12H2,1-3H3. The minimum Gasteiger partial charge on any atom is -0.496 e. The van der Waals surface area contributed by atoms with E-state index in [0.717, 1.165) is 6.42 Å². The lowest BCUT2D eigenvalue weighted by atomic mass is 10.3. The third kappa shape index (κ3) is 3.32. The van der Waals surface area contributed by atoms with E-state index in [0.29, 0.717) is 17.2 Å². The smallest absolute Gasteiger partial charge is 0.147 e. The summed E-state index contributed by atoms with van der Waals surface area (Å²) in [6.07, 6.45) is 0.446. The van der Waals surface area contributed by atoms with Crippen LogP contribution < -0.4 is 19.9 Å². The van der Waals surface area contributed by atoms with Crippen LogP contribution in [-0.4, -0.2) is 20.4 Å². The minimum atomic E-state index is -0.304. The topological polar surface area (TPSA) is 53.7 Å². The fraction of sp³-hybridized carbons (Fsp3) is 0.455. The van der Waals surface area contributed by atoms with E-state index in [1.165, 1.54) is 0 Å². The van der Waals surface area contributed by atoms with Gasteiger partial charge in [-0.15, -0.1) is 0 Å². The molecule has 15 heavy (non-hydrogen) atoms. The highest BCUT2D eigenvalue weighted by atomic mass is 16.5. The highest BCUT2D eigenvalue weighted by Gasteiger charge is 2.05. The van der Waals surface area contributed by atoms with Crippen molar-refractivity contribution >= 4 is 0 Å². The summed E-state index contributed by atoms with van der Waals surface area (Å²) in [5.41, 5.74) is 5.68. The molecule has 2 N–H and O–H groups in total. The van der Waals surface area contributed by atoms with Crippen LogP contribution in [0.2, 0.25) is 0 Å². The lowest BCUT2D eigenvalue weighted by Crippen LogP contribution is -2.25. The zero-order chi connectivity index (χ0) is 11.3. The van der Waals surface area contributed by atoms with Gasteiger partial charge in [0.2, 0.25) is 0 Å². The van der Waals surface area contributed by atoms with Crippen LogP contribution in [0, 0.1) is 0 Å². The third-order valence-corrected chi connectivity index (χ3v) is 2.01. The van der Waals surface area contributed by atoms with Crippen LogP contribution in [0.3, 0.4) is 0 Å². The van der Waals surface area contributed by atoms with E-state index in [4.69, 9.17) is 19.9 Å². The largest absolute Gasteiger partial charge is 0.496 e. The SMILES string of the molecule is CCC(N)Oc1cc(OC)cc(OC)c1. The lowest BCUT2D eigenvalue weighted by molar-refractivity contribution is 0.203. The number of hydrogen-bond acceptors (Lipinski definition) is 4. The van der Waals surface area contributed by atoms with Crippen molar-refractivity contribution in [2.45, 2.75) is 19.6 Å². The van der Waals surface area contributed by atoms with Crippen LogP contribution in [0.4, 0.5) is 0 Å². The Kier molecular flexibility index (Phi) is 4.24. The van der Waals surface area contributed by atoms with Gasteiger partial charge in [0.25, 0.3) is 0 Å².